The van der Waals surface area contributed by atoms with Crippen LogP contribution in [0.5, 0.6) is 0 Å². The largest absolute Gasteiger partial charge is 0.462 e. The third-order valence-corrected chi connectivity index (χ3v) is 13.0. The van der Waals surface area contributed by atoms with Gasteiger partial charge in [-0.2, -0.15) is 0 Å². The molecule has 0 aromatic rings. The topological polar surface area (TPSA) is 78.9 Å². The zero-order chi connectivity index (χ0) is 45.9. The highest BCUT2D eigenvalue weighted by atomic mass is 16.6. The quantitative estimate of drug-likeness (QED) is 0.0344. The zero-order valence-electron chi connectivity index (χ0n) is 43.0. The van der Waals surface area contributed by atoms with Gasteiger partial charge in [-0.1, -0.05) is 285 Å². The summed E-state index contributed by atoms with van der Waals surface area (Å²) in [6.45, 7) is 9.06. The van der Waals surface area contributed by atoms with Crippen molar-refractivity contribution in [2.45, 2.75) is 329 Å². The summed E-state index contributed by atoms with van der Waals surface area (Å²) < 4.78 is 16.9. The number of esters is 3. The summed E-state index contributed by atoms with van der Waals surface area (Å²) in [6.07, 6.45) is 55.1. The van der Waals surface area contributed by atoms with Gasteiger partial charge in [0.05, 0.1) is 0 Å². The van der Waals surface area contributed by atoms with Crippen LogP contribution in [-0.4, -0.2) is 37.2 Å². The van der Waals surface area contributed by atoms with Crippen molar-refractivity contribution < 1.29 is 28.6 Å². The normalized spacial score (nSPS) is 12.0. The van der Waals surface area contributed by atoms with E-state index in [1.54, 1.807) is 0 Å². The van der Waals surface area contributed by atoms with Crippen molar-refractivity contribution in [3.8, 4) is 0 Å². The molecule has 0 aliphatic rings. The molecular formula is C57H110O6. The number of unbranched alkanes of at least 4 members (excludes halogenated alkanes) is 39. The Kier molecular flexibility index (Phi) is 50.1. The van der Waals surface area contributed by atoms with E-state index in [1.165, 1.54) is 218 Å². The Morgan fingerprint density at radius 3 is 0.778 bits per heavy atom. The van der Waals surface area contributed by atoms with Crippen molar-refractivity contribution in [3.05, 3.63) is 0 Å². The molecular weight excluding hydrogens is 781 g/mol. The lowest BCUT2D eigenvalue weighted by Crippen LogP contribution is -2.30. The third kappa shape index (κ3) is 51.3. The van der Waals surface area contributed by atoms with Crippen LogP contribution in [0.3, 0.4) is 0 Å². The van der Waals surface area contributed by atoms with Crippen LogP contribution in [0.25, 0.3) is 0 Å². The van der Waals surface area contributed by atoms with Crippen molar-refractivity contribution in [2.75, 3.05) is 13.2 Å². The summed E-state index contributed by atoms with van der Waals surface area (Å²) in [5.41, 5.74) is 0. The standard InChI is InChI=1S/C57H110O6/c1-5-7-9-11-13-15-17-19-21-25-30-34-38-42-46-50-57(60)63-54(51-61-55(58)48-44-40-36-32-28-24-20-18-16-14-12-10-8-6-2)52-62-56(59)49-45-41-37-33-29-26-22-23-27-31-35-39-43-47-53(3)4/h53-54H,5-52H2,1-4H3/t54-/m0/s1. The highest BCUT2D eigenvalue weighted by Gasteiger charge is 2.19. The van der Waals surface area contributed by atoms with Crippen LogP contribution in [0, 0.1) is 5.92 Å². The average molecular weight is 892 g/mol. The van der Waals surface area contributed by atoms with Gasteiger partial charge in [0.2, 0.25) is 0 Å². The Hall–Kier alpha value is -1.59. The van der Waals surface area contributed by atoms with E-state index in [4.69, 9.17) is 14.2 Å². The van der Waals surface area contributed by atoms with Crippen molar-refractivity contribution in [3.63, 3.8) is 0 Å². The molecule has 0 aromatic carbocycles. The number of hydrogen-bond acceptors (Lipinski definition) is 6. The summed E-state index contributed by atoms with van der Waals surface area (Å²) in [5, 5.41) is 0. The lowest BCUT2D eigenvalue weighted by molar-refractivity contribution is -0.167. The molecule has 0 radical (unpaired) electrons. The molecule has 0 rings (SSSR count). The molecule has 63 heavy (non-hydrogen) atoms. The zero-order valence-corrected chi connectivity index (χ0v) is 43.0. The van der Waals surface area contributed by atoms with E-state index in [0.29, 0.717) is 19.3 Å². The Labute approximate surface area is 393 Å². The van der Waals surface area contributed by atoms with E-state index in [1.807, 2.05) is 0 Å². The fraction of sp³-hybridized carbons (Fsp3) is 0.947. The van der Waals surface area contributed by atoms with E-state index >= 15 is 0 Å². The van der Waals surface area contributed by atoms with Crippen LogP contribution < -0.4 is 0 Å². The smallest absolute Gasteiger partial charge is 0.306 e. The van der Waals surface area contributed by atoms with Gasteiger partial charge in [-0.15, -0.1) is 0 Å². The molecule has 0 N–H and O–H groups in total. The average Bonchev–Trinajstić information content (AvgIpc) is 3.27. The first-order valence-corrected chi connectivity index (χ1v) is 28.4. The number of hydrogen-bond donors (Lipinski definition) is 0. The Balaban J connectivity index is 4.30. The fourth-order valence-corrected chi connectivity index (χ4v) is 8.75. The van der Waals surface area contributed by atoms with Crippen LogP contribution in [0.4, 0.5) is 0 Å². The second-order valence-corrected chi connectivity index (χ2v) is 20.1. The predicted molar refractivity (Wildman–Crippen MR) is 270 cm³/mol. The van der Waals surface area contributed by atoms with Gasteiger partial charge in [0, 0.05) is 19.3 Å². The van der Waals surface area contributed by atoms with Gasteiger partial charge in [0.15, 0.2) is 6.10 Å². The van der Waals surface area contributed by atoms with E-state index in [2.05, 4.69) is 27.7 Å². The third-order valence-electron chi connectivity index (χ3n) is 13.0. The maximum absolute atomic E-state index is 12.8. The number of carbonyl (C=O) groups is 3. The van der Waals surface area contributed by atoms with Gasteiger partial charge in [-0.05, 0) is 25.2 Å². The number of ether oxygens (including phenoxy) is 3. The van der Waals surface area contributed by atoms with E-state index in [-0.39, 0.29) is 31.1 Å². The SMILES string of the molecule is CCCCCCCCCCCCCCCCCC(=O)O[C@@H](COC(=O)CCCCCCCCCCCCCCCC)COC(=O)CCCCCCCCCCCCCCCC(C)C. The van der Waals surface area contributed by atoms with E-state index < -0.39 is 6.10 Å². The summed E-state index contributed by atoms with van der Waals surface area (Å²) in [5.74, 6) is 0.00375. The summed E-state index contributed by atoms with van der Waals surface area (Å²) in [6, 6.07) is 0. The molecule has 1 atom stereocenters. The highest BCUT2D eigenvalue weighted by molar-refractivity contribution is 5.71. The van der Waals surface area contributed by atoms with Crippen LogP contribution in [0.1, 0.15) is 323 Å². The van der Waals surface area contributed by atoms with E-state index in [9.17, 15) is 14.4 Å². The van der Waals surface area contributed by atoms with Gasteiger partial charge in [-0.25, -0.2) is 0 Å². The minimum absolute atomic E-state index is 0.0619. The van der Waals surface area contributed by atoms with Crippen molar-refractivity contribution in [2.24, 2.45) is 5.92 Å². The second-order valence-electron chi connectivity index (χ2n) is 20.1. The first-order valence-electron chi connectivity index (χ1n) is 28.4. The Morgan fingerprint density at radius 2 is 0.524 bits per heavy atom. The summed E-state index contributed by atoms with van der Waals surface area (Å²) >= 11 is 0. The summed E-state index contributed by atoms with van der Waals surface area (Å²) in [7, 11) is 0. The Morgan fingerprint density at radius 1 is 0.302 bits per heavy atom. The maximum Gasteiger partial charge on any atom is 0.306 e. The van der Waals surface area contributed by atoms with Crippen LogP contribution in [0.2, 0.25) is 0 Å². The molecule has 0 spiro atoms. The molecule has 0 saturated heterocycles. The minimum atomic E-state index is -0.761. The molecule has 0 aliphatic carbocycles. The lowest BCUT2D eigenvalue weighted by atomic mass is 10.0. The molecule has 0 bridgehead atoms. The molecule has 0 amide bonds. The molecule has 0 fully saturated rings. The van der Waals surface area contributed by atoms with Gasteiger partial charge in [0.1, 0.15) is 13.2 Å². The first kappa shape index (κ1) is 61.4. The monoisotopic (exact) mass is 891 g/mol. The lowest BCUT2D eigenvalue weighted by Gasteiger charge is -2.18. The fourth-order valence-electron chi connectivity index (χ4n) is 8.75. The summed E-state index contributed by atoms with van der Waals surface area (Å²) in [4.78, 5) is 38.1. The maximum atomic E-state index is 12.8. The minimum Gasteiger partial charge on any atom is -0.462 e. The second kappa shape index (κ2) is 51.4. The van der Waals surface area contributed by atoms with Crippen LogP contribution >= 0.6 is 0 Å². The molecule has 0 unspecified atom stereocenters. The van der Waals surface area contributed by atoms with Gasteiger partial charge in [-0.3, -0.25) is 14.4 Å². The van der Waals surface area contributed by atoms with Crippen LogP contribution in [-0.2, 0) is 28.6 Å². The molecule has 0 saturated carbocycles. The molecule has 6 nitrogen and oxygen atoms in total. The number of carbonyl (C=O) groups excluding carboxylic acids is 3. The molecule has 6 heteroatoms. The van der Waals surface area contributed by atoms with Gasteiger partial charge in [0.25, 0.3) is 0 Å². The molecule has 0 heterocycles. The predicted octanol–water partition coefficient (Wildman–Crippen LogP) is 18.6. The van der Waals surface area contributed by atoms with Gasteiger partial charge >= 0.3 is 17.9 Å². The Bertz CT molecular complexity index is 949. The molecule has 0 aromatic heterocycles. The van der Waals surface area contributed by atoms with Crippen LogP contribution in [0.15, 0.2) is 0 Å². The van der Waals surface area contributed by atoms with Crippen molar-refractivity contribution in [1.82, 2.24) is 0 Å². The van der Waals surface area contributed by atoms with Crippen molar-refractivity contribution >= 4 is 17.9 Å². The van der Waals surface area contributed by atoms with E-state index in [0.717, 1.165) is 63.7 Å². The molecule has 0 aliphatic heterocycles. The van der Waals surface area contributed by atoms with Crippen molar-refractivity contribution in [1.29, 1.82) is 0 Å². The van der Waals surface area contributed by atoms with Gasteiger partial charge < -0.3 is 14.2 Å². The highest BCUT2D eigenvalue weighted by Crippen LogP contribution is 2.18. The number of rotatable bonds is 52. The molecule has 374 valence electrons. The first-order chi connectivity index (χ1) is 30.9.